The number of nitrogens with one attached hydrogen (secondary N) is 2. The summed E-state index contributed by atoms with van der Waals surface area (Å²) in [6.07, 6.45) is 4.93. The molecule has 106 valence electrons. The van der Waals surface area contributed by atoms with E-state index in [4.69, 9.17) is 0 Å². The molecule has 1 aliphatic rings. The molecular formula is C12H15N5O2S. The van der Waals surface area contributed by atoms with E-state index in [1.54, 1.807) is 17.5 Å². The first-order valence-corrected chi connectivity index (χ1v) is 7.44. The molecule has 1 saturated heterocycles. The van der Waals surface area contributed by atoms with Crippen LogP contribution < -0.4 is 5.69 Å². The number of piperidine rings is 1. The largest absolute Gasteiger partial charge is 0.340 e. The molecular weight excluding hydrogens is 278 g/mol. The van der Waals surface area contributed by atoms with Gasteiger partial charge in [-0.1, -0.05) is 0 Å². The summed E-state index contributed by atoms with van der Waals surface area (Å²) >= 11 is 1.58. The van der Waals surface area contributed by atoms with Crippen molar-refractivity contribution in [1.29, 1.82) is 0 Å². The summed E-state index contributed by atoms with van der Waals surface area (Å²) in [5.74, 6) is 0.358. The minimum absolute atomic E-state index is 0.0207. The van der Waals surface area contributed by atoms with Gasteiger partial charge < -0.3 is 4.90 Å². The van der Waals surface area contributed by atoms with Crippen LogP contribution >= 0.6 is 11.3 Å². The van der Waals surface area contributed by atoms with Crippen molar-refractivity contribution in [1.82, 2.24) is 25.1 Å². The summed E-state index contributed by atoms with van der Waals surface area (Å²) in [5.41, 5.74) is -0.386. The number of H-pyrrole nitrogens is 2. The highest BCUT2D eigenvalue weighted by molar-refractivity contribution is 7.09. The highest BCUT2D eigenvalue weighted by Gasteiger charge is 2.29. The van der Waals surface area contributed by atoms with Gasteiger partial charge >= 0.3 is 5.69 Å². The number of nitrogens with zero attached hydrogens (tertiary/aromatic N) is 3. The topological polar surface area (TPSA) is 94.7 Å². The zero-order chi connectivity index (χ0) is 13.9. The lowest BCUT2D eigenvalue weighted by Crippen LogP contribution is -2.39. The number of hydrogen-bond donors (Lipinski definition) is 2. The Balaban J connectivity index is 1.76. The number of carbonyl (C=O) groups is 1. The first kappa shape index (κ1) is 13.0. The van der Waals surface area contributed by atoms with Crippen LogP contribution in [0.3, 0.4) is 0 Å². The van der Waals surface area contributed by atoms with E-state index in [1.807, 2.05) is 10.3 Å². The molecule has 0 radical (unpaired) electrons. The molecule has 1 atom stereocenters. The van der Waals surface area contributed by atoms with Gasteiger partial charge in [-0.05, 0) is 19.3 Å². The molecule has 3 rings (SSSR count). The molecule has 0 saturated carbocycles. The van der Waals surface area contributed by atoms with Crippen molar-refractivity contribution in [3.05, 3.63) is 32.9 Å². The number of likely N-dealkylation sites (tertiary alicyclic amines) is 1. The molecule has 1 fully saturated rings. The minimum Gasteiger partial charge on any atom is -0.333 e. The van der Waals surface area contributed by atoms with Crippen LogP contribution in [-0.2, 0) is 11.2 Å². The van der Waals surface area contributed by atoms with E-state index in [9.17, 15) is 9.59 Å². The molecule has 2 N–H and O–H groups in total. The Labute approximate surface area is 119 Å². The molecule has 1 aliphatic heterocycles. The third-order valence-electron chi connectivity index (χ3n) is 3.43. The summed E-state index contributed by atoms with van der Waals surface area (Å²) in [4.78, 5) is 32.1. The average Bonchev–Trinajstić information content (AvgIpc) is 3.10. The molecule has 20 heavy (non-hydrogen) atoms. The fraction of sp³-hybridized carbons (Fsp3) is 0.500. The van der Waals surface area contributed by atoms with Crippen LogP contribution in [0.4, 0.5) is 0 Å². The Morgan fingerprint density at radius 2 is 2.40 bits per heavy atom. The van der Waals surface area contributed by atoms with Crippen molar-refractivity contribution in [2.24, 2.45) is 0 Å². The molecule has 0 spiro atoms. The smallest absolute Gasteiger partial charge is 0.333 e. The predicted molar refractivity (Wildman–Crippen MR) is 73.3 cm³/mol. The lowest BCUT2D eigenvalue weighted by Gasteiger charge is -2.34. The third kappa shape index (κ3) is 2.64. The van der Waals surface area contributed by atoms with Crippen LogP contribution in [0, 0.1) is 0 Å². The highest BCUT2D eigenvalue weighted by atomic mass is 32.1. The molecule has 8 heteroatoms. The summed E-state index contributed by atoms with van der Waals surface area (Å²) in [6.45, 7) is 0.734. The fourth-order valence-corrected chi connectivity index (χ4v) is 3.30. The lowest BCUT2D eigenvalue weighted by atomic mass is 10.0. The number of aromatic nitrogens is 4. The molecule has 1 unspecified atom stereocenters. The van der Waals surface area contributed by atoms with Crippen LogP contribution in [0.5, 0.6) is 0 Å². The van der Waals surface area contributed by atoms with Crippen LogP contribution in [-0.4, -0.2) is 37.5 Å². The second-order valence-corrected chi connectivity index (χ2v) is 5.70. The zero-order valence-electron chi connectivity index (χ0n) is 10.8. The SMILES string of the molecule is O=C(Cc1n[nH]c(=O)[nH]1)N1CCCCC1c1nccs1. The molecule has 3 heterocycles. The average molecular weight is 293 g/mol. The fourth-order valence-electron chi connectivity index (χ4n) is 2.52. The van der Waals surface area contributed by atoms with Gasteiger partial charge in [-0.2, -0.15) is 5.10 Å². The monoisotopic (exact) mass is 293 g/mol. The summed E-state index contributed by atoms with van der Waals surface area (Å²) < 4.78 is 0. The third-order valence-corrected chi connectivity index (χ3v) is 4.31. The van der Waals surface area contributed by atoms with Crippen LogP contribution in [0.1, 0.15) is 36.1 Å². The van der Waals surface area contributed by atoms with E-state index in [-0.39, 0.29) is 24.1 Å². The van der Waals surface area contributed by atoms with E-state index in [2.05, 4.69) is 20.2 Å². The number of thiazole rings is 1. The quantitative estimate of drug-likeness (QED) is 0.877. The van der Waals surface area contributed by atoms with E-state index in [0.717, 1.165) is 30.8 Å². The molecule has 0 aromatic carbocycles. The van der Waals surface area contributed by atoms with Gasteiger partial charge in [0.15, 0.2) is 0 Å². The Morgan fingerprint density at radius 1 is 1.50 bits per heavy atom. The molecule has 0 bridgehead atoms. The molecule has 2 aromatic rings. The number of amides is 1. The maximum Gasteiger partial charge on any atom is 0.340 e. The van der Waals surface area contributed by atoms with Crippen molar-refractivity contribution in [2.45, 2.75) is 31.7 Å². The van der Waals surface area contributed by atoms with Gasteiger partial charge in [-0.3, -0.25) is 9.78 Å². The van der Waals surface area contributed by atoms with Gasteiger partial charge in [0, 0.05) is 18.1 Å². The van der Waals surface area contributed by atoms with Crippen molar-refractivity contribution < 1.29 is 4.79 Å². The summed E-state index contributed by atoms with van der Waals surface area (Å²) in [6, 6.07) is 0.0573. The Kier molecular flexibility index (Phi) is 3.64. The highest BCUT2D eigenvalue weighted by Crippen LogP contribution is 2.32. The first-order chi connectivity index (χ1) is 9.74. The Morgan fingerprint density at radius 3 is 3.10 bits per heavy atom. The van der Waals surface area contributed by atoms with Crippen LogP contribution in [0.25, 0.3) is 0 Å². The van der Waals surface area contributed by atoms with Crippen molar-refractivity contribution >= 4 is 17.2 Å². The molecule has 1 amide bonds. The second kappa shape index (κ2) is 5.58. The first-order valence-electron chi connectivity index (χ1n) is 6.56. The standard InChI is InChI=1S/C12H15N5O2S/c18-10(7-9-14-12(19)16-15-9)17-5-2-1-3-8(17)11-13-4-6-20-11/h4,6,8H,1-3,5,7H2,(H2,14,15,16,19). The van der Waals surface area contributed by atoms with Crippen molar-refractivity contribution in [3.8, 4) is 0 Å². The molecule has 2 aromatic heterocycles. The zero-order valence-corrected chi connectivity index (χ0v) is 11.7. The van der Waals surface area contributed by atoms with Crippen molar-refractivity contribution in [3.63, 3.8) is 0 Å². The van der Waals surface area contributed by atoms with Gasteiger partial charge in [0.05, 0.1) is 12.5 Å². The van der Waals surface area contributed by atoms with E-state index >= 15 is 0 Å². The molecule has 7 nitrogen and oxygen atoms in total. The summed E-state index contributed by atoms with van der Waals surface area (Å²) in [5, 5.41) is 8.97. The van der Waals surface area contributed by atoms with Crippen LogP contribution in [0.15, 0.2) is 16.4 Å². The maximum absolute atomic E-state index is 12.4. The van der Waals surface area contributed by atoms with Crippen LogP contribution in [0.2, 0.25) is 0 Å². The second-order valence-electron chi connectivity index (χ2n) is 4.77. The Hall–Kier alpha value is -1.96. The molecule has 0 aliphatic carbocycles. The van der Waals surface area contributed by atoms with Gasteiger partial charge in [0.25, 0.3) is 0 Å². The maximum atomic E-state index is 12.4. The summed E-state index contributed by atoms with van der Waals surface area (Å²) in [7, 11) is 0. The van der Waals surface area contributed by atoms with Gasteiger partial charge in [-0.15, -0.1) is 11.3 Å². The normalized spacial score (nSPS) is 19.2. The van der Waals surface area contributed by atoms with E-state index < -0.39 is 0 Å². The predicted octanol–water partition coefficient (Wildman–Crippen LogP) is 0.851. The van der Waals surface area contributed by atoms with E-state index in [0.29, 0.717) is 5.82 Å². The minimum atomic E-state index is -0.386. The number of carbonyl (C=O) groups excluding carboxylic acids is 1. The van der Waals surface area contributed by atoms with Gasteiger partial charge in [0.2, 0.25) is 5.91 Å². The number of hydrogen-bond acceptors (Lipinski definition) is 5. The number of rotatable bonds is 3. The van der Waals surface area contributed by atoms with Crippen molar-refractivity contribution in [2.75, 3.05) is 6.54 Å². The Bertz CT molecular complexity index is 632. The van der Waals surface area contributed by atoms with Gasteiger partial charge in [-0.25, -0.2) is 14.9 Å². The number of aromatic amines is 2. The van der Waals surface area contributed by atoms with E-state index in [1.165, 1.54) is 0 Å². The lowest BCUT2D eigenvalue weighted by molar-refractivity contribution is -0.134. The van der Waals surface area contributed by atoms with Gasteiger partial charge in [0.1, 0.15) is 10.8 Å².